The number of nitrogens with zero attached hydrogens (tertiary/aromatic N) is 1. The fourth-order valence-electron chi connectivity index (χ4n) is 4.99. The van der Waals surface area contributed by atoms with Gasteiger partial charge in [-0.05, 0) is 44.4 Å². The lowest BCUT2D eigenvalue weighted by Gasteiger charge is -2.28. The number of nitrogens with one attached hydrogen (secondary N) is 1. The van der Waals surface area contributed by atoms with Gasteiger partial charge in [0, 0.05) is 36.5 Å². The van der Waals surface area contributed by atoms with Crippen molar-refractivity contribution in [3.63, 3.8) is 0 Å². The molecule has 0 bridgehead atoms. The lowest BCUT2D eigenvalue weighted by Crippen LogP contribution is -2.35. The number of ether oxygens (including phenoxy) is 3. The van der Waals surface area contributed by atoms with Crippen LogP contribution in [0.1, 0.15) is 65.2 Å². The molecule has 3 unspecified atom stereocenters. The largest absolute Gasteiger partial charge is 0.459 e. The molecule has 1 aliphatic carbocycles. The highest BCUT2D eigenvalue weighted by Crippen LogP contribution is 2.33. The zero-order valence-corrected chi connectivity index (χ0v) is 18.8. The summed E-state index contributed by atoms with van der Waals surface area (Å²) in [6.07, 6.45) is 5.20. The van der Waals surface area contributed by atoms with E-state index >= 15 is 0 Å². The Morgan fingerprint density at radius 2 is 2.13 bits per heavy atom. The number of ketones is 1. The maximum Gasteiger partial charge on any atom is 0.306 e. The van der Waals surface area contributed by atoms with Crippen molar-refractivity contribution in [3.05, 3.63) is 12.3 Å². The van der Waals surface area contributed by atoms with Crippen molar-refractivity contribution in [1.82, 2.24) is 5.32 Å². The molecule has 0 aromatic rings. The Morgan fingerprint density at radius 1 is 1.32 bits per heavy atom. The number of fused-ring (bicyclic) bond motifs is 1. The Kier molecular flexibility index (Phi) is 8.50. The second-order valence-electron chi connectivity index (χ2n) is 9.58. The third-order valence-electron chi connectivity index (χ3n) is 6.63. The van der Waals surface area contributed by atoms with Crippen molar-refractivity contribution in [2.24, 2.45) is 23.7 Å². The molecule has 0 spiro atoms. The normalized spacial score (nSPS) is 29.8. The molecular formula is C24H36N2O5. The molecule has 2 heterocycles. The van der Waals surface area contributed by atoms with Gasteiger partial charge in [0.15, 0.2) is 6.29 Å². The maximum absolute atomic E-state index is 12.7. The van der Waals surface area contributed by atoms with Crippen molar-refractivity contribution < 1.29 is 23.8 Å². The quantitative estimate of drug-likeness (QED) is 0.528. The van der Waals surface area contributed by atoms with Gasteiger partial charge < -0.3 is 19.5 Å². The molecule has 1 N–H and O–H groups in total. The van der Waals surface area contributed by atoms with Crippen molar-refractivity contribution in [2.45, 2.75) is 83.6 Å². The van der Waals surface area contributed by atoms with E-state index in [2.05, 4.69) is 31.8 Å². The third kappa shape index (κ3) is 6.54. The Morgan fingerprint density at radius 3 is 2.81 bits per heavy atom. The average Bonchev–Trinajstić information content (AvgIpc) is 3.32. The van der Waals surface area contributed by atoms with E-state index < -0.39 is 6.04 Å². The van der Waals surface area contributed by atoms with E-state index in [1.165, 1.54) is 0 Å². The molecule has 7 heteroatoms. The minimum absolute atomic E-state index is 0.0495. The van der Waals surface area contributed by atoms with Crippen LogP contribution in [-0.2, 0) is 23.8 Å². The van der Waals surface area contributed by atoms with Gasteiger partial charge in [-0.2, -0.15) is 5.26 Å². The summed E-state index contributed by atoms with van der Waals surface area (Å²) in [5, 5.41) is 12.8. The molecule has 2 aliphatic heterocycles. The van der Waals surface area contributed by atoms with E-state index in [0.29, 0.717) is 37.7 Å². The summed E-state index contributed by atoms with van der Waals surface area (Å²) in [5.41, 5.74) is 0.671. The van der Waals surface area contributed by atoms with E-state index in [0.717, 1.165) is 32.1 Å². The molecule has 3 fully saturated rings. The standard InChI is InChI=1S/C24H36N2O5/c1-15(2)10-18(16(3)26-19(13-25)11-17-6-4-8-21(17)27)12-23(28)31-22-14-30-24-20(22)7-5-9-29-24/h15,17-20,22,24,26H,3-12,14H2,1-2H3/t17-,18+,19-,20?,22?,24?/m0/s1. The first-order valence-corrected chi connectivity index (χ1v) is 11.7. The van der Waals surface area contributed by atoms with Crippen LogP contribution < -0.4 is 5.32 Å². The Bertz CT molecular complexity index is 701. The first-order valence-electron chi connectivity index (χ1n) is 11.7. The highest BCUT2D eigenvalue weighted by atomic mass is 16.7. The summed E-state index contributed by atoms with van der Waals surface area (Å²) in [7, 11) is 0. The molecule has 7 nitrogen and oxygen atoms in total. The monoisotopic (exact) mass is 432 g/mol. The topological polar surface area (TPSA) is 97.7 Å². The molecule has 2 saturated heterocycles. The van der Waals surface area contributed by atoms with Gasteiger partial charge in [-0.15, -0.1) is 0 Å². The van der Waals surface area contributed by atoms with E-state index in [9.17, 15) is 14.9 Å². The van der Waals surface area contributed by atoms with Crippen molar-refractivity contribution in [3.8, 4) is 6.07 Å². The van der Waals surface area contributed by atoms with Crippen LogP contribution in [0, 0.1) is 35.0 Å². The fourth-order valence-corrected chi connectivity index (χ4v) is 4.99. The predicted octanol–water partition coefficient (Wildman–Crippen LogP) is 3.49. The lowest BCUT2D eigenvalue weighted by atomic mass is 9.90. The van der Waals surface area contributed by atoms with Gasteiger partial charge >= 0.3 is 5.97 Å². The number of rotatable bonds is 10. The Balaban J connectivity index is 1.54. The summed E-state index contributed by atoms with van der Waals surface area (Å²) in [6.45, 7) is 9.40. The number of hydrogen-bond donors (Lipinski definition) is 1. The zero-order valence-electron chi connectivity index (χ0n) is 18.8. The van der Waals surface area contributed by atoms with Crippen LogP contribution in [0.15, 0.2) is 12.3 Å². The molecule has 0 aromatic heterocycles. The minimum Gasteiger partial charge on any atom is -0.459 e. The molecule has 3 aliphatic rings. The smallest absolute Gasteiger partial charge is 0.306 e. The van der Waals surface area contributed by atoms with Crippen molar-refractivity contribution in [1.29, 1.82) is 5.26 Å². The Hall–Kier alpha value is -1.91. The molecule has 172 valence electrons. The number of nitriles is 1. The maximum atomic E-state index is 12.7. The number of carbonyl (C=O) groups excluding carboxylic acids is 2. The molecule has 31 heavy (non-hydrogen) atoms. The number of allylic oxidation sites excluding steroid dienone is 1. The van der Waals surface area contributed by atoms with Crippen molar-refractivity contribution in [2.75, 3.05) is 13.2 Å². The molecule has 1 saturated carbocycles. The number of esters is 1. The van der Waals surface area contributed by atoms with Gasteiger partial charge in [0.2, 0.25) is 0 Å². The molecule has 0 aromatic carbocycles. The molecule has 0 amide bonds. The van der Waals surface area contributed by atoms with Gasteiger partial charge in [-0.1, -0.05) is 20.4 Å². The Labute approximate surface area is 185 Å². The second-order valence-corrected chi connectivity index (χ2v) is 9.58. The summed E-state index contributed by atoms with van der Waals surface area (Å²) in [6, 6.07) is 1.78. The number of Topliss-reactive ketones (excluding diaryl/α,β-unsaturated/α-hetero) is 1. The van der Waals surface area contributed by atoms with Gasteiger partial charge in [-0.3, -0.25) is 9.59 Å². The van der Waals surface area contributed by atoms with Crippen LogP contribution in [0.2, 0.25) is 0 Å². The first-order chi connectivity index (χ1) is 14.9. The SMILES string of the molecule is C=C(N[C@H](C#N)C[C@@H]1CCCC1=O)[C@@H](CC(=O)OC1COC2OCCCC12)CC(C)C. The summed E-state index contributed by atoms with van der Waals surface area (Å²) < 4.78 is 17.0. The second kappa shape index (κ2) is 11.1. The highest BCUT2D eigenvalue weighted by molar-refractivity contribution is 5.82. The van der Waals surface area contributed by atoms with E-state index in [-0.39, 0.29) is 48.3 Å². The molecule has 6 atom stereocenters. The van der Waals surface area contributed by atoms with Crippen LogP contribution in [0.3, 0.4) is 0 Å². The third-order valence-corrected chi connectivity index (χ3v) is 6.63. The van der Waals surface area contributed by atoms with Crippen LogP contribution in [-0.4, -0.2) is 43.4 Å². The van der Waals surface area contributed by atoms with Gasteiger partial charge in [-0.25, -0.2) is 0 Å². The van der Waals surface area contributed by atoms with Gasteiger partial charge in [0.05, 0.1) is 19.1 Å². The van der Waals surface area contributed by atoms with Crippen LogP contribution in [0.5, 0.6) is 0 Å². The van der Waals surface area contributed by atoms with Crippen LogP contribution in [0.25, 0.3) is 0 Å². The number of hydrogen-bond acceptors (Lipinski definition) is 7. The fraction of sp³-hybridized carbons (Fsp3) is 0.792. The van der Waals surface area contributed by atoms with Gasteiger partial charge in [0.1, 0.15) is 17.9 Å². The van der Waals surface area contributed by atoms with E-state index in [4.69, 9.17) is 14.2 Å². The first kappa shape index (κ1) is 23.7. The number of carbonyl (C=O) groups is 2. The molecular weight excluding hydrogens is 396 g/mol. The predicted molar refractivity (Wildman–Crippen MR) is 114 cm³/mol. The summed E-state index contributed by atoms with van der Waals surface area (Å²) in [5.74, 6) is 0.259. The average molecular weight is 433 g/mol. The zero-order chi connectivity index (χ0) is 22.4. The van der Waals surface area contributed by atoms with Crippen LogP contribution in [0.4, 0.5) is 0 Å². The highest BCUT2D eigenvalue weighted by Gasteiger charge is 2.42. The summed E-state index contributed by atoms with van der Waals surface area (Å²) in [4.78, 5) is 24.7. The van der Waals surface area contributed by atoms with Crippen LogP contribution >= 0.6 is 0 Å². The van der Waals surface area contributed by atoms with Gasteiger partial charge in [0.25, 0.3) is 0 Å². The minimum atomic E-state index is -0.478. The lowest BCUT2D eigenvalue weighted by molar-refractivity contribution is -0.159. The molecule has 0 radical (unpaired) electrons. The molecule has 3 rings (SSSR count). The summed E-state index contributed by atoms with van der Waals surface area (Å²) >= 11 is 0. The van der Waals surface area contributed by atoms with E-state index in [1.54, 1.807) is 0 Å². The van der Waals surface area contributed by atoms with Crippen molar-refractivity contribution >= 4 is 11.8 Å². The van der Waals surface area contributed by atoms with E-state index in [1.807, 2.05) is 0 Å².